The average Bonchev–Trinajstić information content (AvgIpc) is 3.06. The Labute approximate surface area is 143 Å². The fraction of sp³-hybridized carbons (Fsp3) is 0.278. The molecule has 128 valence electrons. The smallest absolute Gasteiger partial charge is 0.336 e. The Morgan fingerprint density at radius 1 is 1.24 bits per heavy atom. The largest absolute Gasteiger partial charge is 0.508 e. The molecule has 0 spiro atoms. The summed E-state index contributed by atoms with van der Waals surface area (Å²) in [4.78, 5) is 16.3. The second-order valence-electron chi connectivity index (χ2n) is 6.05. The standard InChI is InChI=1S/C18H17N3O4/c22-12-6-4-11(5-7-12)15-9-13(18(23)24)14-10-19-21(17(14)20-15)16-3-1-2-8-25-16/h4-7,9-10,16,22H,1-3,8H2,(H,23,24). The van der Waals surface area contributed by atoms with Crippen LogP contribution in [-0.2, 0) is 4.74 Å². The molecular weight excluding hydrogens is 322 g/mol. The minimum atomic E-state index is -1.03. The van der Waals surface area contributed by atoms with Crippen LogP contribution in [0.25, 0.3) is 22.3 Å². The van der Waals surface area contributed by atoms with Gasteiger partial charge >= 0.3 is 5.97 Å². The first-order valence-corrected chi connectivity index (χ1v) is 8.16. The van der Waals surface area contributed by atoms with Crippen molar-refractivity contribution >= 4 is 17.0 Å². The predicted octanol–water partition coefficient (Wildman–Crippen LogP) is 3.20. The molecule has 2 aromatic heterocycles. The van der Waals surface area contributed by atoms with E-state index in [1.165, 1.54) is 12.3 Å². The van der Waals surface area contributed by atoms with Gasteiger partial charge in [-0.15, -0.1) is 0 Å². The van der Waals surface area contributed by atoms with Crippen LogP contribution in [0, 0.1) is 0 Å². The van der Waals surface area contributed by atoms with Gasteiger partial charge in [-0.1, -0.05) is 0 Å². The van der Waals surface area contributed by atoms with Crippen molar-refractivity contribution in [1.82, 2.24) is 14.8 Å². The highest BCUT2D eigenvalue weighted by Gasteiger charge is 2.22. The third-order valence-corrected chi connectivity index (χ3v) is 4.39. The Bertz CT molecular complexity index is 927. The lowest BCUT2D eigenvalue weighted by atomic mass is 10.1. The van der Waals surface area contributed by atoms with Crippen LogP contribution in [0.2, 0.25) is 0 Å². The molecule has 1 aliphatic rings. The summed E-state index contributed by atoms with van der Waals surface area (Å²) in [7, 11) is 0. The molecule has 1 atom stereocenters. The third kappa shape index (κ3) is 2.83. The van der Waals surface area contributed by atoms with E-state index in [9.17, 15) is 15.0 Å². The first-order valence-electron chi connectivity index (χ1n) is 8.16. The summed E-state index contributed by atoms with van der Waals surface area (Å²) in [5.74, 6) is -0.888. The number of hydrogen-bond donors (Lipinski definition) is 2. The zero-order valence-electron chi connectivity index (χ0n) is 13.4. The molecule has 1 saturated heterocycles. The number of pyridine rings is 1. The molecule has 0 aliphatic carbocycles. The number of aromatic carboxylic acids is 1. The van der Waals surface area contributed by atoms with Gasteiger partial charge in [-0.05, 0) is 49.6 Å². The molecule has 2 N–H and O–H groups in total. The monoisotopic (exact) mass is 339 g/mol. The molecule has 0 amide bonds. The van der Waals surface area contributed by atoms with E-state index in [0.29, 0.717) is 23.3 Å². The van der Waals surface area contributed by atoms with Crippen molar-refractivity contribution < 1.29 is 19.7 Å². The van der Waals surface area contributed by atoms with Crippen LogP contribution in [0.15, 0.2) is 36.5 Å². The zero-order chi connectivity index (χ0) is 17.4. The number of phenols is 1. The van der Waals surface area contributed by atoms with Crippen LogP contribution in [0.4, 0.5) is 0 Å². The summed E-state index contributed by atoms with van der Waals surface area (Å²) in [5, 5.41) is 23.9. The van der Waals surface area contributed by atoms with E-state index >= 15 is 0 Å². The number of benzene rings is 1. The summed E-state index contributed by atoms with van der Waals surface area (Å²) in [6.45, 7) is 0.662. The number of fused-ring (bicyclic) bond motifs is 1. The third-order valence-electron chi connectivity index (χ3n) is 4.39. The summed E-state index contributed by atoms with van der Waals surface area (Å²) in [6, 6.07) is 8.02. The quantitative estimate of drug-likeness (QED) is 0.760. The lowest BCUT2D eigenvalue weighted by Crippen LogP contribution is -2.19. The number of rotatable bonds is 3. The topological polar surface area (TPSA) is 97.5 Å². The van der Waals surface area contributed by atoms with Crippen molar-refractivity contribution in [3.63, 3.8) is 0 Å². The first kappa shape index (κ1) is 15.6. The molecule has 25 heavy (non-hydrogen) atoms. The molecule has 1 aromatic carbocycles. The van der Waals surface area contributed by atoms with Crippen molar-refractivity contribution in [1.29, 1.82) is 0 Å². The van der Waals surface area contributed by atoms with Crippen molar-refractivity contribution in [2.75, 3.05) is 6.61 Å². The summed E-state index contributed by atoms with van der Waals surface area (Å²) in [6.07, 6.45) is 4.18. The van der Waals surface area contributed by atoms with E-state index < -0.39 is 5.97 Å². The van der Waals surface area contributed by atoms with Gasteiger partial charge in [0.15, 0.2) is 11.9 Å². The van der Waals surface area contributed by atoms with Gasteiger partial charge in [0, 0.05) is 12.2 Å². The highest BCUT2D eigenvalue weighted by molar-refractivity contribution is 6.02. The Kier molecular flexibility index (Phi) is 3.85. The van der Waals surface area contributed by atoms with E-state index in [1.54, 1.807) is 28.9 Å². The molecule has 3 aromatic rings. The number of carboxylic acid groups (broad SMARTS) is 1. The second kappa shape index (κ2) is 6.18. The van der Waals surface area contributed by atoms with Crippen LogP contribution < -0.4 is 0 Å². The van der Waals surface area contributed by atoms with Gasteiger partial charge in [-0.2, -0.15) is 5.10 Å². The van der Waals surface area contributed by atoms with Gasteiger partial charge in [0.25, 0.3) is 0 Å². The Hall–Kier alpha value is -2.93. The van der Waals surface area contributed by atoms with E-state index in [2.05, 4.69) is 10.1 Å². The van der Waals surface area contributed by atoms with Crippen molar-refractivity contribution in [3.8, 4) is 17.0 Å². The van der Waals surface area contributed by atoms with E-state index in [-0.39, 0.29) is 17.5 Å². The lowest BCUT2D eigenvalue weighted by molar-refractivity contribution is -0.0370. The Balaban J connectivity index is 1.89. The van der Waals surface area contributed by atoms with Gasteiger partial charge in [-0.3, -0.25) is 0 Å². The van der Waals surface area contributed by atoms with E-state index in [1.807, 2.05) is 0 Å². The van der Waals surface area contributed by atoms with Gasteiger partial charge in [0.2, 0.25) is 0 Å². The fourth-order valence-corrected chi connectivity index (χ4v) is 3.10. The predicted molar refractivity (Wildman–Crippen MR) is 90.4 cm³/mol. The average molecular weight is 339 g/mol. The minimum absolute atomic E-state index is 0.143. The maximum absolute atomic E-state index is 11.7. The molecular formula is C18H17N3O4. The molecule has 7 heteroatoms. The number of carboxylic acids is 1. The number of phenolic OH excluding ortho intramolecular Hbond substituents is 1. The number of aromatic nitrogens is 3. The number of ether oxygens (including phenoxy) is 1. The molecule has 7 nitrogen and oxygen atoms in total. The Morgan fingerprint density at radius 3 is 2.72 bits per heavy atom. The second-order valence-corrected chi connectivity index (χ2v) is 6.05. The first-order chi connectivity index (χ1) is 12.1. The zero-order valence-corrected chi connectivity index (χ0v) is 13.4. The van der Waals surface area contributed by atoms with Gasteiger partial charge in [-0.25, -0.2) is 14.5 Å². The summed E-state index contributed by atoms with van der Waals surface area (Å²) < 4.78 is 7.44. The fourth-order valence-electron chi connectivity index (χ4n) is 3.10. The van der Waals surface area contributed by atoms with E-state index in [4.69, 9.17) is 4.74 Å². The molecule has 3 heterocycles. The molecule has 1 aliphatic heterocycles. The molecule has 0 saturated carbocycles. The van der Waals surface area contributed by atoms with Crippen molar-refractivity contribution in [2.45, 2.75) is 25.5 Å². The molecule has 0 bridgehead atoms. The minimum Gasteiger partial charge on any atom is -0.508 e. The maximum atomic E-state index is 11.7. The number of aromatic hydroxyl groups is 1. The maximum Gasteiger partial charge on any atom is 0.336 e. The van der Waals surface area contributed by atoms with Crippen LogP contribution >= 0.6 is 0 Å². The highest BCUT2D eigenvalue weighted by atomic mass is 16.5. The molecule has 0 radical (unpaired) electrons. The van der Waals surface area contributed by atoms with Crippen LogP contribution in [0.3, 0.4) is 0 Å². The highest BCUT2D eigenvalue weighted by Crippen LogP contribution is 2.30. The lowest BCUT2D eigenvalue weighted by Gasteiger charge is -2.23. The van der Waals surface area contributed by atoms with Crippen LogP contribution in [0.5, 0.6) is 5.75 Å². The SMILES string of the molecule is O=C(O)c1cc(-c2ccc(O)cc2)nc2c1cnn2C1CCCCO1. The molecule has 1 fully saturated rings. The normalized spacial score (nSPS) is 17.7. The number of carbonyl (C=O) groups is 1. The van der Waals surface area contributed by atoms with Gasteiger partial charge in [0.1, 0.15) is 5.75 Å². The van der Waals surface area contributed by atoms with Crippen molar-refractivity contribution in [3.05, 3.63) is 42.1 Å². The van der Waals surface area contributed by atoms with Crippen LogP contribution in [0.1, 0.15) is 35.8 Å². The van der Waals surface area contributed by atoms with Crippen LogP contribution in [-0.4, -0.2) is 37.6 Å². The molecule has 4 rings (SSSR count). The van der Waals surface area contributed by atoms with Gasteiger partial charge in [0.05, 0.1) is 22.8 Å². The Morgan fingerprint density at radius 2 is 2.04 bits per heavy atom. The number of hydrogen-bond acceptors (Lipinski definition) is 5. The van der Waals surface area contributed by atoms with Crippen molar-refractivity contribution in [2.24, 2.45) is 0 Å². The summed E-state index contributed by atoms with van der Waals surface area (Å²) in [5.41, 5.74) is 1.88. The number of nitrogens with zero attached hydrogens (tertiary/aromatic N) is 3. The summed E-state index contributed by atoms with van der Waals surface area (Å²) >= 11 is 0. The van der Waals surface area contributed by atoms with Gasteiger partial charge < -0.3 is 14.9 Å². The van der Waals surface area contributed by atoms with E-state index in [0.717, 1.165) is 24.8 Å². The molecule has 1 unspecified atom stereocenters.